The van der Waals surface area contributed by atoms with Crippen LogP contribution in [0.1, 0.15) is 31.0 Å². The number of aromatic nitrogens is 1. The number of carbonyl (C=O) groups is 1. The molecule has 3 aromatic rings. The van der Waals surface area contributed by atoms with Crippen molar-refractivity contribution in [2.75, 3.05) is 33.2 Å². The van der Waals surface area contributed by atoms with E-state index in [1.54, 1.807) is 30.9 Å². The summed E-state index contributed by atoms with van der Waals surface area (Å²) in [6.45, 7) is 3.34. The molecule has 0 N–H and O–H groups in total. The molecule has 34 heavy (non-hydrogen) atoms. The van der Waals surface area contributed by atoms with Crippen molar-refractivity contribution in [2.45, 2.75) is 19.9 Å². The van der Waals surface area contributed by atoms with Crippen molar-refractivity contribution in [1.82, 2.24) is 4.57 Å². The van der Waals surface area contributed by atoms with E-state index in [9.17, 15) is 9.59 Å². The van der Waals surface area contributed by atoms with Gasteiger partial charge in [-0.2, -0.15) is 0 Å². The zero-order valence-corrected chi connectivity index (χ0v) is 20.9. The lowest BCUT2D eigenvalue weighted by atomic mass is 9.93. The standard InChI is InChI=1S/C26H27N3O4S/c1-15-23(16(2)30)24(17-7-10-19(11-8-17)28(3)4)29-25(31)22(34-26(29)27-15)13-18-9-12-20(32-5)14-21(18)33-6/h7-14,24H,1-6H3/b22-13-/t24-/m1/s1. The first-order chi connectivity index (χ1) is 16.2. The van der Waals surface area contributed by atoms with Crippen molar-refractivity contribution < 1.29 is 14.3 Å². The lowest BCUT2D eigenvalue weighted by molar-refractivity contribution is -0.114. The van der Waals surface area contributed by atoms with E-state index in [0.29, 0.717) is 32.1 Å². The molecule has 0 aliphatic carbocycles. The van der Waals surface area contributed by atoms with Gasteiger partial charge in [-0.1, -0.05) is 23.5 Å². The van der Waals surface area contributed by atoms with Gasteiger partial charge >= 0.3 is 0 Å². The van der Waals surface area contributed by atoms with E-state index in [2.05, 4.69) is 4.99 Å². The van der Waals surface area contributed by atoms with Gasteiger partial charge in [-0.3, -0.25) is 14.2 Å². The van der Waals surface area contributed by atoms with Crippen molar-refractivity contribution in [2.24, 2.45) is 4.99 Å². The van der Waals surface area contributed by atoms with E-state index in [1.807, 2.05) is 62.3 Å². The Hall–Kier alpha value is -3.65. The number of nitrogens with zero attached hydrogens (tertiary/aromatic N) is 3. The smallest absolute Gasteiger partial charge is 0.271 e. The van der Waals surface area contributed by atoms with Gasteiger partial charge in [-0.25, -0.2) is 4.99 Å². The number of hydrogen-bond donors (Lipinski definition) is 0. The molecular formula is C26H27N3O4S. The highest BCUT2D eigenvalue weighted by molar-refractivity contribution is 7.07. The van der Waals surface area contributed by atoms with Crippen LogP contribution in [0.5, 0.6) is 11.5 Å². The first-order valence-electron chi connectivity index (χ1n) is 10.8. The highest BCUT2D eigenvalue weighted by Crippen LogP contribution is 2.31. The van der Waals surface area contributed by atoms with E-state index < -0.39 is 6.04 Å². The third-order valence-corrected chi connectivity index (χ3v) is 6.84. The van der Waals surface area contributed by atoms with Gasteiger partial charge < -0.3 is 14.4 Å². The molecule has 7 nitrogen and oxygen atoms in total. The molecule has 4 rings (SSSR count). The molecule has 1 atom stereocenters. The predicted octanol–water partition coefficient (Wildman–Crippen LogP) is 2.91. The fourth-order valence-corrected chi connectivity index (χ4v) is 5.16. The Balaban J connectivity index is 1.93. The van der Waals surface area contributed by atoms with Crippen molar-refractivity contribution in [3.63, 3.8) is 0 Å². The zero-order valence-electron chi connectivity index (χ0n) is 20.1. The average molecular weight is 478 g/mol. The minimum absolute atomic E-state index is 0.103. The summed E-state index contributed by atoms with van der Waals surface area (Å²) in [4.78, 5) is 33.5. The molecule has 2 aromatic carbocycles. The van der Waals surface area contributed by atoms with Gasteiger partial charge in [0, 0.05) is 42.7 Å². The maximum Gasteiger partial charge on any atom is 0.271 e. The van der Waals surface area contributed by atoms with Gasteiger partial charge in [0.1, 0.15) is 11.5 Å². The van der Waals surface area contributed by atoms with Crippen LogP contribution in [0.2, 0.25) is 0 Å². The van der Waals surface area contributed by atoms with Gasteiger partial charge in [-0.05, 0) is 49.8 Å². The molecule has 0 radical (unpaired) electrons. The molecule has 0 saturated heterocycles. The zero-order chi connectivity index (χ0) is 24.6. The number of methoxy groups -OCH3 is 2. The van der Waals surface area contributed by atoms with Crippen LogP contribution < -0.4 is 29.3 Å². The number of rotatable bonds is 6. The molecule has 0 fully saturated rings. The van der Waals surface area contributed by atoms with Crippen LogP contribution in [0.25, 0.3) is 6.08 Å². The second-order valence-electron chi connectivity index (χ2n) is 8.23. The Morgan fingerprint density at radius 1 is 1.12 bits per heavy atom. The number of ether oxygens (including phenoxy) is 2. The molecule has 0 bridgehead atoms. The average Bonchev–Trinajstić information content (AvgIpc) is 3.12. The van der Waals surface area contributed by atoms with Crippen LogP contribution >= 0.6 is 11.3 Å². The van der Waals surface area contributed by atoms with Crippen molar-refractivity contribution in [1.29, 1.82) is 0 Å². The van der Waals surface area contributed by atoms with Gasteiger partial charge in [0.15, 0.2) is 10.6 Å². The number of hydrogen-bond acceptors (Lipinski definition) is 7. The van der Waals surface area contributed by atoms with Crippen LogP contribution in [-0.2, 0) is 4.79 Å². The minimum Gasteiger partial charge on any atom is -0.497 e. The largest absolute Gasteiger partial charge is 0.497 e. The quantitative estimate of drug-likeness (QED) is 0.546. The van der Waals surface area contributed by atoms with Crippen molar-refractivity contribution >= 4 is 28.9 Å². The highest BCUT2D eigenvalue weighted by Gasteiger charge is 2.30. The molecule has 0 spiro atoms. The topological polar surface area (TPSA) is 73.1 Å². The summed E-state index contributed by atoms with van der Waals surface area (Å²) in [7, 11) is 7.10. The molecule has 2 heterocycles. The van der Waals surface area contributed by atoms with Crippen LogP contribution in [-0.4, -0.2) is 38.7 Å². The number of fused-ring (bicyclic) bond motifs is 1. The van der Waals surface area contributed by atoms with E-state index in [1.165, 1.54) is 18.3 Å². The van der Waals surface area contributed by atoms with Crippen LogP contribution in [0, 0.1) is 0 Å². The lowest BCUT2D eigenvalue weighted by Gasteiger charge is -2.25. The molecule has 1 aliphatic rings. The normalized spacial score (nSPS) is 15.6. The molecule has 176 valence electrons. The van der Waals surface area contributed by atoms with E-state index >= 15 is 0 Å². The maximum absolute atomic E-state index is 13.6. The summed E-state index contributed by atoms with van der Waals surface area (Å²) in [5, 5.41) is 0. The first-order valence-corrected chi connectivity index (χ1v) is 11.6. The van der Waals surface area contributed by atoms with Crippen LogP contribution in [0.15, 0.2) is 63.5 Å². The molecular weight excluding hydrogens is 450 g/mol. The number of benzene rings is 2. The predicted molar refractivity (Wildman–Crippen MR) is 135 cm³/mol. The van der Waals surface area contributed by atoms with Crippen molar-refractivity contribution in [3.8, 4) is 11.5 Å². The molecule has 1 aromatic heterocycles. The number of anilines is 1. The third kappa shape index (κ3) is 4.17. The van der Waals surface area contributed by atoms with Crippen LogP contribution in [0.3, 0.4) is 0 Å². The number of ketones is 1. The van der Waals surface area contributed by atoms with Gasteiger partial charge in [-0.15, -0.1) is 0 Å². The Labute approximate surface area is 201 Å². The minimum atomic E-state index is -0.537. The fourth-order valence-electron chi connectivity index (χ4n) is 4.12. The summed E-state index contributed by atoms with van der Waals surface area (Å²) in [6.07, 6.45) is 1.79. The summed E-state index contributed by atoms with van der Waals surface area (Å²) >= 11 is 1.30. The summed E-state index contributed by atoms with van der Waals surface area (Å²) in [5.41, 5.74) is 3.60. The molecule has 8 heteroatoms. The number of allylic oxidation sites excluding steroid dienone is 2. The summed E-state index contributed by atoms with van der Waals surface area (Å²) in [6, 6.07) is 12.8. The first kappa shape index (κ1) is 23.5. The van der Waals surface area contributed by atoms with Crippen LogP contribution in [0.4, 0.5) is 5.69 Å². The number of Topliss-reactive ketones (excluding diaryl/α,β-unsaturated/α-hetero) is 1. The second kappa shape index (κ2) is 9.30. The summed E-state index contributed by atoms with van der Waals surface area (Å²) < 4.78 is 12.9. The van der Waals surface area contributed by atoms with Gasteiger partial charge in [0.05, 0.1) is 24.8 Å². The highest BCUT2D eigenvalue weighted by atomic mass is 32.1. The number of carbonyl (C=O) groups excluding carboxylic acids is 1. The van der Waals surface area contributed by atoms with E-state index in [4.69, 9.17) is 9.47 Å². The molecule has 0 saturated carbocycles. The Bertz CT molecular complexity index is 1460. The van der Waals surface area contributed by atoms with E-state index in [-0.39, 0.29) is 11.3 Å². The van der Waals surface area contributed by atoms with Gasteiger partial charge in [0.2, 0.25) is 0 Å². The maximum atomic E-state index is 13.6. The van der Waals surface area contributed by atoms with Crippen molar-refractivity contribution in [3.05, 3.63) is 84.5 Å². The molecule has 0 unspecified atom stereocenters. The fraction of sp³-hybridized carbons (Fsp3) is 0.269. The number of thiazole rings is 1. The SMILES string of the molecule is COc1ccc(/C=c2\sc3n(c2=O)[C@H](c2ccc(N(C)C)cc2)C(C(C)=O)=C(C)N=3)c(OC)c1. The monoisotopic (exact) mass is 477 g/mol. The lowest BCUT2D eigenvalue weighted by Crippen LogP contribution is -2.39. The Kier molecular flexibility index (Phi) is 6.43. The second-order valence-corrected chi connectivity index (χ2v) is 9.24. The summed E-state index contributed by atoms with van der Waals surface area (Å²) in [5.74, 6) is 1.16. The molecule has 0 amide bonds. The van der Waals surface area contributed by atoms with Gasteiger partial charge in [0.25, 0.3) is 5.56 Å². The third-order valence-electron chi connectivity index (χ3n) is 5.85. The van der Waals surface area contributed by atoms with E-state index in [0.717, 1.165) is 16.8 Å². The Morgan fingerprint density at radius 3 is 2.41 bits per heavy atom. The molecule has 1 aliphatic heterocycles. The Morgan fingerprint density at radius 2 is 1.82 bits per heavy atom.